The first-order valence-electron chi connectivity index (χ1n) is 7.63. The van der Waals surface area contributed by atoms with E-state index in [1.165, 1.54) is 32.1 Å². The Bertz CT molecular complexity index is 225. The lowest BCUT2D eigenvalue weighted by Crippen LogP contribution is -2.34. The lowest BCUT2D eigenvalue weighted by atomic mass is 10.1. The lowest BCUT2D eigenvalue weighted by Gasteiger charge is -2.19. The van der Waals surface area contributed by atoms with Gasteiger partial charge in [-0.1, -0.05) is 32.6 Å². The average Bonchev–Trinajstić information content (AvgIpc) is 2.29. The summed E-state index contributed by atoms with van der Waals surface area (Å²) in [5.41, 5.74) is -0.416. The van der Waals surface area contributed by atoms with Crippen LogP contribution in [0.2, 0.25) is 0 Å². The molecule has 0 aromatic rings. The normalized spacial score (nSPS) is 11.4. The van der Waals surface area contributed by atoms with Gasteiger partial charge in [0.05, 0.1) is 0 Å². The molecule has 0 saturated carbocycles. The molecular formula is C15H32N2O2. The zero-order chi connectivity index (χ0) is 14.6. The Balaban J connectivity index is 3.21. The van der Waals surface area contributed by atoms with Gasteiger partial charge in [-0.15, -0.1) is 0 Å². The van der Waals surface area contributed by atoms with Crippen LogP contribution in [0.25, 0.3) is 0 Å². The van der Waals surface area contributed by atoms with Crippen LogP contribution in [0.3, 0.4) is 0 Å². The van der Waals surface area contributed by atoms with Crippen LogP contribution in [-0.2, 0) is 4.74 Å². The molecule has 0 saturated heterocycles. The predicted molar refractivity (Wildman–Crippen MR) is 80.5 cm³/mol. The van der Waals surface area contributed by atoms with E-state index < -0.39 is 5.60 Å². The van der Waals surface area contributed by atoms with E-state index in [-0.39, 0.29) is 6.09 Å². The quantitative estimate of drug-likeness (QED) is 0.599. The van der Waals surface area contributed by atoms with Crippen molar-refractivity contribution in [1.82, 2.24) is 10.6 Å². The third kappa shape index (κ3) is 15.2. The van der Waals surface area contributed by atoms with Crippen molar-refractivity contribution in [2.24, 2.45) is 0 Å². The van der Waals surface area contributed by atoms with Crippen molar-refractivity contribution in [2.45, 2.75) is 71.8 Å². The summed E-state index contributed by atoms with van der Waals surface area (Å²) in [5.74, 6) is 0. The van der Waals surface area contributed by atoms with E-state index in [0.717, 1.165) is 19.5 Å². The molecule has 0 aromatic carbocycles. The van der Waals surface area contributed by atoms with Crippen LogP contribution in [0.4, 0.5) is 4.79 Å². The Morgan fingerprint density at radius 1 is 0.947 bits per heavy atom. The molecule has 0 aliphatic rings. The number of hydrogen-bond acceptors (Lipinski definition) is 3. The van der Waals surface area contributed by atoms with Crippen LogP contribution in [0.1, 0.15) is 66.2 Å². The van der Waals surface area contributed by atoms with E-state index in [0.29, 0.717) is 6.54 Å². The van der Waals surface area contributed by atoms with Gasteiger partial charge in [0.1, 0.15) is 5.60 Å². The molecule has 0 aromatic heterocycles. The smallest absolute Gasteiger partial charge is 0.407 e. The molecule has 0 aliphatic heterocycles. The Kier molecular flexibility index (Phi) is 10.6. The molecule has 0 heterocycles. The van der Waals surface area contributed by atoms with E-state index in [1.54, 1.807) is 0 Å². The van der Waals surface area contributed by atoms with Gasteiger partial charge < -0.3 is 15.4 Å². The number of carbonyl (C=O) groups excluding carboxylic acids is 1. The highest BCUT2D eigenvalue weighted by atomic mass is 16.6. The molecule has 4 heteroatoms. The molecule has 0 rings (SSSR count). The molecule has 4 nitrogen and oxygen atoms in total. The number of unbranched alkanes of at least 4 members (excludes halogenated alkanes) is 4. The fourth-order valence-electron chi connectivity index (χ4n) is 1.70. The first-order chi connectivity index (χ1) is 8.95. The second kappa shape index (κ2) is 11.1. The molecular weight excluding hydrogens is 240 g/mol. The molecule has 1 amide bonds. The molecule has 114 valence electrons. The Morgan fingerprint density at radius 2 is 1.58 bits per heavy atom. The van der Waals surface area contributed by atoms with Crippen LogP contribution in [-0.4, -0.2) is 31.3 Å². The lowest BCUT2D eigenvalue weighted by molar-refractivity contribution is 0.0527. The largest absolute Gasteiger partial charge is 0.444 e. The summed E-state index contributed by atoms with van der Waals surface area (Å²) in [6.07, 6.45) is 7.17. The van der Waals surface area contributed by atoms with Gasteiger partial charge in [-0.25, -0.2) is 4.79 Å². The van der Waals surface area contributed by atoms with Crippen molar-refractivity contribution in [3.63, 3.8) is 0 Å². The standard InChI is InChI=1S/C15H32N2O2/c1-5-6-7-8-9-11-16-12-10-13-17-14(18)19-15(2,3)4/h16H,5-13H2,1-4H3,(H,17,18). The molecule has 0 spiro atoms. The number of rotatable bonds is 10. The maximum absolute atomic E-state index is 11.3. The van der Waals surface area contributed by atoms with Crippen molar-refractivity contribution in [1.29, 1.82) is 0 Å². The van der Waals surface area contributed by atoms with Gasteiger partial charge in [-0.2, -0.15) is 0 Å². The number of hydrogen-bond donors (Lipinski definition) is 2. The minimum Gasteiger partial charge on any atom is -0.444 e. The highest BCUT2D eigenvalue weighted by Crippen LogP contribution is 2.06. The topological polar surface area (TPSA) is 50.4 Å². The Morgan fingerprint density at radius 3 is 2.21 bits per heavy atom. The highest BCUT2D eigenvalue weighted by Gasteiger charge is 2.15. The van der Waals surface area contributed by atoms with Crippen LogP contribution in [0.15, 0.2) is 0 Å². The summed E-state index contributed by atoms with van der Waals surface area (Å²) in [6.45, 7) is 10.5. The fraction of sp³-hybridized carbons (Fsp3) is 0.933. The highest BCUT2D eigenvalue weighted by molar-refractivity contribution is 5.67. The Labute approximate surface area is 118 Å². The zero-order valence-electron chi connectivity index (χ0n) is 13.2. The summed E-state index contributed by atoms with van der Waals surface area (Å²) in [7, 11) is 0. The van der Waals surface area contributed by atoms with Gasteiger partial charge in [0, 0.05) is 6.54 Å². The molecule has 0 fully saturated rings. The number of carbonyl (C=O) groups is 1. The maximum atomic E-state index is 11.3. The van der Waals surface area contributed by atoms with Gasteiger partial charge in [0.2, 0.25) is 0 Å². The minimum atomic E-state index is -0.416. The van der Waals surface area contributed by atoms with Crippen molar-refractivity contribution >= 4 is 6.09 Å². The average molecular weight is 272 g/mol. The predicted octanol–water partition coefficient (Wildman–Crippen LogP) is 3.46. The fourth-order valence-corrected chi connectivity index (χ4v) is 1.70. The maximum Gasteiger partial charge on any atom is 0.407 e. The van der Waals surface area contributed by atoms with Crippen LogP contribution >= 0.6 is 0 Å². The van der Waals surface area contributed by atoms with E-state index in [1.807, 2.05) is 20.8 Å². The second-order valence-corrected chi connectivity index (χ2v) is 5.95. The summed E-state index contributed by atoms with van der Waals surface area (Å²) in [4.78, 5) is 11.3. The summed E-state index contributed by atoms with van der Waals surface area (Å²) >= 11 is 0. The first kappa shape index (κ1) is 18.2. The SMILES string of the molecule is CCCCCCCNCCCNC(=O)OC(C)(C)C. The molecule has 19 heavy (non-hydrogen) atoms. The van der Waals surface area contributed by atoms with Crippen molar-refractivity contribution in [3.05, 3.63) is 0 Å². The third-order valence-corrected chi connectivity index (χ3v) is 2.66. The summed E-state index contributed by atoms with van der Waals surface area (Å²) < 4.78 is 5.15. The molecule has 0 unspecified atom stereocenters. The van der Waals surface area contributed by atoms with Crippen LogP contribution in [0, 0.1) is 0 Å². The van der Waals surface area contributed by atoms with E-state index in [2.05, 4.69) is 17.6 Å². The molecule has 0 radical (unpaired) electrons. The van der Waals surface area contributed by atoms with E-state index in [9.17, 15) is 4.79 Å². The summed E-state index contributed by atoms with van der Waals surface area (Å²) in [6, 6.07) is 0. The third-order valence-electron chi connectivity index (χ3n) is 2.66. The van der Waals surface area contributed by atoms with Gasteiger partial charge in [-0.3, -0.25) is 0 Å². The van der Waals surface area contributed by atoms with Crippen LogP contribution in [0.5, 0.6) is 0 Å². The summed E-state index contributed by atoms with van der Waals surface area (Å²) in [5, 5.41) is 6.15. The number of amides is 1. The monoisotopic (exact) mass is 272 g/mol. The minimum absolute atomic E-state index is 0.327. The number of ether oxygens (including phenoxy) is 1. The first-order valence-corrected chi connectivity index (χ1v) is 7.63. The molecule has 0 aliphatic carbocycles. The second-order valence-electron chi connectivity index (χ2n) is 5.95. The van der Waals surface area contributed by atoms with E-state index >= 15 is 0 Å². The number of alkyl carbamates (subject to hydrolysis) is 1. The molecule has 0 bridgehead atoms. The molecule has 2 N–H and O–H groups in total. The van der Waals surface area contributed by atoms with Crippen molar-refractivity contribution in [2.75, 3.05) is 19.6 Å². The van der Waals surface area contributed by atoms with Gasteiger partial charge in [0.25, 0.3) is 0 Å². The van der Waals surface area contributed by atoms with Gasteiger partial charge in [0.15, 0.2) is 0 Å². The van der Waals surface area contributed by atoms with Gasteiger partial charge in [-0.05, 0) is 46.7 Å². The zero-order valence-corrected chi connectivity index (χ0v) is 13.2. The van der Waals surface area contributed by atoms with Crippen molar-refractivity contribution in [3.8, 4) is 0 Å². The molecule has 0 atom stereocenters. The van der Waals surface area contributed by atoms with E-state index in [4.69, 9.17) is 4.74 Å². The van der Waals surface area contributed by atoms with Crippen LogP contribution < -0.4 is 10.6 Å². The Hall–Kier alpha value is -0.770. The number of nitrogens with one attached hydrogen (secondary N) is 2. The van der Waals surface area contributed by atoms with Crippen molar-refractivity contribution < 1.29 is 9.53 Å². The van der Waals surface area contributed by atoms with Gasteiger partial charge >= 0.3 is 6.09 Å².